The number of hydrogen-bond donors (Lipinski definition) is 3. The number of aliphatic hydroxyl groups is 1. The largest absolute Gasteiger partial charge is 0.394 e. The van der Waals surface area contributed by atoms with Crippen molar-refractivity contribution < 1.29 is 19.5 Å². The summed E-state index contributed by atoms with van der Waals surface area (Å²) in [6, 6.07) is 14.7. The first kappa shape index (κ1) is 24.9. The van der Waals surface area contributed by atoms with Crippen LogP contribution in [0.2, 0.25) is 0 Å². The van der Waals surface area contributed by atoms with Crippen LogP contribution >= 0.6 is 0 Å². The van der Waals surface area contributed by atoms with Crippen LogP contribution in [0.1, 0.15) is 40.1 Å². The number of carbonyl (C=O) groups excluding carboxylic acids is 3. The highest BCUT2D eigenvalue weighted by atomic mass is 16.3. The number of nitrogens with one attached hydrogen (secondary N) is 1. The van der Waals surface area contributed by atoms with E-state index in [-0.39, 0.29) is 36.9 Å². The number of rotatable bonds is 6. The van der Waals surface area contributed by atoms with Gasteiger partial charge in [0, 0.05) is 31.4 Å². The molecular formula is C27H29N5O4. The van der Waals surface area contributed by atoms with Crippen LogP contribution in [0.15, 0.2) is 60.8 Å². The van der Waals surface area contributed by atoms with Gasteiger partial charge < -0.3 is 26.0 Å². The molecule has 2 aromatic carbocycles. The summed E-state index contributed by atoms with van der Waals surface area (Å²) in [7, 11) is 1.66. The molecule has 2 heterocycles. The minimum Gasteiger partial charge on any atom is -0.394 e. The molecule has 3 amide bonds. The van der Waals surface area contributed by atoms with Crippen molar-refractivity contribution >= 4 is 29.2 Å². The first-order valence-electron chi connectivity index (χ1n) is 11.6. The van der Waals surface area contributed by atoms with Crippen LogP contribution in [0.25, 0.3) is 11.1 Å². The molecule has 0 saturated heterocycles. The number of fused-ring (bicyclic) bond motifs is 1. The lowest BCUT2D eigenvalue weighted by atomic mass is 10.0. The third-order valence-corrected chi connectivity index (χ3v) is 6.31. The van der Waals surface area contributed by atoms with Gasteiger partial charge in [0.1, 0.15) is 11.9 Å². The summed E-state index contributed by atoms with van der Waals surface area (Å²) in [5.41, 5.74) is 9.51. The normalized spacial score (nSPS) is 16.4. The predicted octanol–water partition coefficient (Wildman–Crippen LogP) is 2.45. The summed E-state index contributed by atoms with van der Waals surface area (Å²) in [5.74, 6) is -0.442. The first-order chi connectivity index (χ1) is 17.2. The molecule has 4 N–H and O–H groups in total. The zero-order valence-electron chi connectivity index (χ0n) is 20.4. The van der Waals surface area contributed by atoms with Crippen LogP contribution in [0.3, 0.4) is 0 Å². The van der Waals surface area contributed by atoms with E-state index < -0.39 is 6.04 Å². The number of nitrogens with two attached hydrogens (primary N) is 1. The average molecular weight is 488 g/mol. The number of anilines is 2. The van der Waals surface area contributed by atoms with E-state index in [1.54, 1.807) is 57.4 Å². The minimum absolute atomic E-state index is 0.151. The fourth-order valence-electron chi connectivity index (χ4n) is 4.23. The van der Waals surface area contributed by atoms with Gasteiger partial charge in [-0.2, -0.15) is 0 Å². The molecule has 1 aliphatic rings. The molecule has 0 radical (unpaired) electrons. The third kappa shape index (κ3) is 4.92. The van der Waals surface area contributed by atoms with Gasteiger partial charge in [0.05, 0.1) is 17.9 Å². The fraction of sp³-hybridized carbons (Fsp3) is 0.259. The highest BCUT2D eigenvalue weighted by Gasteiger charge is 2.35. The summed E-state index contributed by atoms with van der Waals surface area (Å²) < 4.78 is 0. The quantitative estimate of drug-likeness (QED) is 0.490. The predicted molar refractivity (Wildman–Crippen MR) is 137 cm³/mol. The maximum atomic E-state index is 13.7. The first-order valence-corrected chi connectivity index (χ1v) is 11.6. The van der Waals surface area contributed by atoms with Crippen LogP contribution in [0.5, 0.6) is 0 Å². The molecule has 1 aliphatic heterocycles. The van der Waals surface area contributed by atoms with Gasteiger partial charge >= 0.3 is 0 Å². The lowest BCUT2D eigenvalue weighted by Crippen LogP contribution is -2.45. The van der Waals surface area contributed by atoms with Gasteiger partial charge in [-0.25, -0.2) is 4.98 Å². The maximum absolute atomic E-state index is 13.7. The van der Waals surface area contributed by atoms with Crippen LogP contribution in [-0.4, -0.2) is 58.5 Å². The van der Waals surface area contributed by atoms with Crippen LogP contribution < -0.4 is 16.0 Å². The van der Waals surface area contributed by atoms with Gasteiger partial charge in [-0.1, -0.05) is 18.2 Å². The number of pyridine rings is 1. The molecule has 0 spiro atoms. The molecule has 4 rings (SSSR count). The van der Waals surface area contributed by atoms with Crippen molar-refractivity contribution in [3.63, 3.8) is 0 Å². The molecule has 0 bridgehead atoms. The Balaban J connectivity index is 1.66. The standard InChI is InChI=1S/C27H29N5O4/c1-16(15-33)30-25(34)21-6-4-5-18(11-21)14-32-17(2)26(35)31(3)23-12-19(7-8-22(23)27(32)36)20-9-10-29-24(28)13-20/h4-13,16-17,33H,14-15H2,1-3H3,(H2,28,29)(H,30,34)/t16-,17-/m1/s1. The number of benzene rings is 2. The van der Waals surface area contributed by atoms with E-state index in [9.17, 15) is 19.5 Å². The number of likely N-dealkylation sites (N-methyl/N-ethyl adjacent to an activating group) is 1. The third-order valence-electron chi connectivity index (χ3n) is 6.31. The molecule has 0 unspecified atom stereocenters. The Labute approximate surface area is 209 Å². The SMILES string of the molecule is C[C@H](CO)NC(=O)c1cccc(CN2C(=O)c3ccc(-c4ccnc(N)c4)cc3N(C)C(=O)[C@H]2C)c1. The number of aliphatic hydroxyl groups excluding tert-OH is 1. The van der Waals surface area contributed by atoms with Crippen molar-refractivity contribution in [2.45, 2.75) is 32.5 Å². The molecular weight excluding hydrogens is 458 g/mol. The lowest BCUT2D eigenvalue weighted by molar-refractivity contribution is -0.122. The summed E-state index contributed by atoms with van der Waals surface area (Å²) in [6.45, 7) is 3.38. The van der Waals surface area contributed by atoms with E-state index in [2.05, 4.69) is 10.3 Å². The van der Waals surface area contributed by atoms with Crippen molar-refractivity contribution in [2.24, 2.45) is 0 Å². The van der Waals surface area contributed by atoms with E-state index in [0.717, 1.165) is 11.1 Å². The van der Waals surface area contributed by atoms with Gasteiger partial charge in [-0.3, -0.25) is 14.4 Å². The Morgan fingerprint density at radius 2 is 1.89 bits per heavy atom. The van der Waals surface area contributed by atoms with E-state index in [4.69, 9.17) is 5.73 Å². The summed E-state index contributed by atoms with van der Waals surface area (Å²) in [6.07, 6.45) is 1.61. The minimum atomic E-state index is -0.721. The summed E-state index contributed by atoms with van der Waals surface area (Å²) in [5, 5.41) is 11.9. The lowest BCUT2D eigenvalue weighted by Gasteiger charge is -2.27. The van der Waals surface area contributed by atoms with Crippen molar-refractivity contribution in [1.82, 2.24) is 15.2 Å². The fourth-order valence-corrected chi connectivity index (χ4v) is 4.23. The average Bonchev–Trinajstić information content (AvgIpc) is 2.95. The Kier molecular flexibility index (Phi) is 7.03. The second-order valence-corrected chi connectivity index (χ2v) is 8.97. The van der Waals surface area contributed by atoms with Crippen molar-refractivity contribution in [3.8, 4) is 11.1 Å². The number of amides is 3. The number of nitrogen functional groups attached to an aromatic ring is 1. The van der Waals surface area contributed by atoms with Crippen LogP contribution in [0, 0.1) is 0 Å². The Bertz CT molecular complexity index is 1330. The molecule has 0 saturated carbocycles. The molecule has 2 atom stereocenters. The van der Waals surface area contributed by atoms with Crippen molar-refractivity contribution in [1.29, 1.82) is 0 Å². The number of carbonyl (C=O) groups is 3. The monoisotopic (exact) mass is 487 g/mol. The molecule has 0 fully saturated rings. The summed E-state index contributed by atoms with van der Waals surface area (Å²) >= 11 is 0. The molecule has 36 heavy (non-hydrogen) atoms. The Hall–Kier alpha value is -4.24. The van der Waals surface area contributed by atoms with E-state index in [1.807, 2.05) is 24.3 Å². The molecule has 0 aliphatic carbocycles. The van der Waals surface area contributed by atoms with E-state index in [1.165, 1.54) is 9.80 Å². The molecule has 186 valence electrons. The second kappa shape index (κ2) is 10.2. The highest BCUT2D eigenvalue weighted by Crippen LogP contribution is 2.33. The number of nitrogens with zero attached hydrogens (tertiary/aromatic N) is 3. The Morgan fingerprint density at radius 1 is 1.14 bits per heavy atom. The zero-order chi connectivity index (χ0) is 26.0. The van der Waals surface area contributed by atoms with Gasteiger partial charge in [0.25, 0.3) is 11.8 Å². The smallest absolute Gasteiger partial charge is 0.256 e. The Morgan fingerprint density at radius 3 is 2.61 bits per heavy atom. The molecule has 1 aromatic heterocycles. The zero-order valence-corrected chi connectivity index (χ0v) is 20.4. The van der Waals surface area contributed by atoms with Gasteiger partial charge in [0.2, 0.25) is 5.91 Å². The second-order valence-electron chi connectivity index (χ2n) is 8.97. The van der Waals surface area contributed by atoms with E-state index in [0.29, 0.717) is 28.2 Å². The van der Waals surface area contributed by atoms with Gasteiger partial charge in [-0.05, 0) is 66.9 Å². The number of aromatic nitrogens is 1. The maximum Gasteiger partial charge on any atom is 0.256 e. The van der Waals surface area contributed by atoms with Crippen molar-refractivity contribution in [3.05, 3.63) is 77.5 Å². The van der Waals surface area contributed by atoms with Gasteiger partial charge in [0.15, 0.2) is 0 Å². The van der Waals surface area contributed by atoms with Crippen LogP contribution in [-0.2, 0) is 11.3 Å². The highest BCUT2D eigenvalue weighted by molar-refractivity contribution is 6.11. The van der Waals surface area contributed by atoms with Gasteiger partial charge in [-0.15, -0.1) is 0 Å². The molecule has 9 heteroatoms. The number of hydrogen-bond acceptors (Lipinski definition) is 6. The topological polar surface area (TPSA) is 129 Å². The molecule has 9 nitrogen and oxygen atoms in total. The van der Waals surface area contributed by atoms with Crippen molar-refractivity contribution in [2.75, 3.05) is 24.3 Å². The van der Waals surface area contributed by atoms with E-state index >= 15 is 0 Å². The van der Waals surface area contributed by atoms with Crippen LogP contribution in [0.4, 0.5) is 11.5 Å². The summed E-state index contributed by atoms with van der Waals surface area (Å²) in [4.78, 5) is 46.5. The molecule has 3 aromatic rings.